The van der Waals surface area contributed by atoms with Crippen molar-refractivity contribution >= 4 is 28.3 Å². The number of pyridine rings is 1. The van der Waals surface area contributed by atoms with E-state index in [0.717, 1.165) is 33.6 Å². The van der Waals surface area contributed by atoms with Crippen molar-refractivity contribution in [2.45, 2.75) is 20.4 Å². The van der Waals surface area contributed by atoms with E-state index in [0.29, 0.717) is 23.4 Å². The Labute approximate surface area is 181 Å². The van der Waals surface area contributed by atoms with E-state index < -0.39 is 0 Å². The molecule has 0 unspecified atom stereocenters. The molecule has 31 heavy (non-hydrogen) atoms. The maximum atomic E-state index is 13.2. The highest BCUT2D eigenvalue weighted by molar-refractivity contribution is 6.08. The number of carbonyl (C=O) groups is 1. The topological polar surface area (TPSA) is 81.1 Å². The van der Waals surface area contributed by atoms with Crippen LogP contribution < -0.4 is 15.4 Å². The van der Waals surface area contributed by atoms with E-state index in [4.69, 9.17) is 4.74 Å². The molecule has 7 nitrogen and oxygen atoms in total. The summed E-state index contributed by atoms with van der Waals surface area (Å²) in [4.78, 5) is 17.7. The number of nitrogens with zero attached hydrogens (tertiary/aromatic N) is 3. The molecule has 0 fully saturated rings. The minimum atomic E-state index is -0.224. The molecule has 2 heterocycles. The van der Waals surface area contributed by atoms with Gasteiger partial charge in [0.15, 0.2) is 5.65 Å². The standard InChI is InChI=1S/C24H25N5O2/c1-15-9-11-18(12-10-15)27-22-19(14-25-23-21(22)16(2)28-29(23)3)24(30)26-13-17-7-5-6-8-20(17)31-4/h5-12,14H,13H2,1-4H3,(H,25,27)(H,26,30). The zero-order valence-electron chi connectivity index (χ0n) is 18.1. The van der Waals surface area contributed by atoms with Crippen LogP contribution in [0.25, 0.3) is 11.0 Å². The molecular weight excluding hydrogens is 390 g/mol. The Morgan fingerprint density at radius 2 is 1.84 bits per heavy atom. The minimum Gasteiger partial charge on any atom is -0.496 e. The van der Waals surface area contributed by atoms with E-state index in [9.17, 15) is 4.79 Å². The molecule has 0 aliphatic heterocycles. The molecule has 0 bridgehead atoms. The molecule has 7 heteroatoms. The SMILES string of the molecule is COc1ccccc1CNC(=O)c1cnc2c(c(C)nn2C)c1Nc1ccc(C)cc1. The Kier molecular flexibility index (Phi) is 5.58. The fourth-order valence-corrected chi connectivity index (χ4v) is 3.61. The molecular formula is C24H25N5O2. The molecule has 4 aromatic rings. The average molecular weight is 415 g/mol. The predicted octanol–water partition coefficient (Wildman–Crippen LogP) is 4.27. The van der Waals surface area contributed by atoms with Gasteiger partial charge < -0.3 is 15.4 Å². The Morgan fingerprint density at radius 1 is 1.10 bits per heavy atom. The third-order valence-corrected chi connectivity index (χ3v) is 5.22. The van der Waals surface area contributed by atoms with Crippen molar-refractivity contribution in [3.8, 4) is 5.75 Å². The molecule has 4 rings (SSSR count). The van der Waals surface area contributed by atoms with E-state index in [1.165, 1.54) is 0 Å². The highest BCUT2D eigenvalue weighted by Gasteiger charge is 2.20. The van der Waals surface area contributed by atoms with Crippen molar-refractivity contribution < 1.29 is 9.53 Å². The molecule has 1 amide bonds. The maximum Gasteiger partial charge on any atom is 0.255 e. The Balaban J connectivity index is 1.71. The van der Waals surface area contributed by atoms with Crippen molar-refractivity contribution in [2.75, 3.05) is 12.4 Å². The van der Waals surface area contributed by atoms with Crippen LogP contribution in [0.5, 0.6) is 5.75 Å². The molecule has 2 aromatic carbocycles. The van der Waals surface area contributed by atoms with Crippen LogP contribution in [0, 0.1) is 13.8 Å². The third kappa shape index (κ3) is 4.07. The summed E-state index contributed by atoms with van der Waals surface area (Å²) in [6, 6.07) is 15.7. The summed E-state index contributed by atoms with van der Waals surface area (Å²) < 4.78 is 7.11. The lowest BCUT2D eigenvalue weighted by molar-refractivity contribution is 0.0951. The summed E-state index contributed by atoms with van der Waals surface area (Å²) in [6.45, 7) is 4.30. The monoisotopic (exact) mass is 415 g/mol. The Bertz CT molecular complexity index is 1250. The van der Waals surface area contributed by atoms with E-state index in [2.05, 4.69) is 20.7 Å². The number of nitrogens with one attached hydrogen (secondary N) is 2. The summed E-state index contributed by atoms with van der Waals surface area (Å²) in [5.41, 5.74) is 5.62. The molecule has 0 aliphatic carbocycles. The maximum absolute atomic E-state index is 13.2. The van der Waals surface area contributed by atoms with Crippen molar-refractivity contribution in [1.82, 2.24) is 20.1 Å². The number of aromatic nitrogens is 3. The number of fused-ring (bicyclic) bond motifs is 1. The lowest BCUT2D eigenvalue weighted by atomic mass is 10.1. The number of anilines is 2. The number of carbonyl (C=O) groups excluding carboxylic acids is 1. The first-order valence-electron chi connectivity index (χ1n) is 10.0. The van der Waals surface area contributed by atoms with Crippen molar-refractivity contribution in [2.24, 2.45) is 7.05 Å². The Morgan fingerprint density at radius 3 is 2.58 bits per heavy atom. The summed E-state index contributed by atoms with van der Waals surface area (Å²) in [6.07, 6.45) is 1.59. The van der Waals surface area contributed by atoms with Gasteiger partial charge in [-0.25, -0.2) is 4.98 Å². The van der Waals surface area contributed by atoms with Crippen LogP contribution in [0.1, 0.15) is 27.2 Å². The van der Waals surface area contributed by atoms with Gasteiger partial charge in [0.25, 0.3) is 5.91 Å². The van der Waals surface area contributed by atoms with Gasteiger partial charge in [-0.1, -0.05) is 35.9 Å². The van der Waals surface area contributed by atoms with E-state index >= 15 is 0 Å². The average Bonchev–Trinajstić information content (AvgIpc) is 3.07. The summed E-state index contributed by atoms with van der Waals surface area (Å²) in [7, 11) is 3.46. The number of para-hydroxylation sites is 1. The number of aryl methyl sites for hydroxylation is 3. The van der Waals surface area contributed by atoms with E-state index in [1.54, 1.807) is 18.0 Å². The zero-order valence-corrected chi connectivity index (χ0v) is 18.1. The predicted molar refractivity (Wildman–Crippen MR) is 122 cm³/mol. The molecule has 0 atom stereocenters. The lowest BCUT2D eigenvalue weighted by Crippen LogP contribution is -2.24. The molecule has 2 N–H and O–H groups in total. The molecule has 0 saturated heterocycles. The second-order valence-corrected chi connectivity index (χ2v) is 7.44. The Hall–Kier alpha value is -3.87. The van der Waals surface area contributed by atoms with Crippen LogP contribution in [0.15, 0.2) is 54.7 Å². The smallest absolute Gasteiger partial charge is 0.255 e. The van der Waals surface area contributed by atoms with Crippen LogP contribution in [0.2, 0.25) is 0 Å². The van der Waals surface area contributed by atoms with Gasteiger partial charge in [0.2, 0.25) is 0 Å². The number of rotatable bonds is 6. The normalized spacial score (nSPS) is 10.8. The third-order valence-electron chi connectivity index (χ3n) is 5.22. The van der Waals surface area contributed by atoms with Gasteiger partial charge in [0, 0.05) is 31.0 Å². The lowest BCUT2D eigenvalue weighted by Gasteiger charge is -2.15. The largest absolute Gasteiger partial charge is 0.496 e. The van der Waals surface area contributed by atoms with E-state index in [1.807, 2.05) is 69.4 Å². The summed E-state index contributed by atoms with van der Waals surface area (Å²) in [5, 5.41) is 11.7. The zero-order chi connectivity index (χ0) is 22.0. The fraction of sp³-hybridized carbons (Fsp3) is 0.208. The number of amides is 1. The van der Waals surface area contributed by atoms with Crippen molar-refractivity contribution in [3.63, 3.8) is 0 Å². The number of hydrogen-bond donors (Lipinski definition) is 2. The van der Waals surface area contributed by atoms with Crippen LogP contribution in [-0.2, 0) is 13.6 Å². The highest BCUT2D eigenvalue weighted by Crippen LogP contribution is 2.31. The minimum absolute atomic E-state index is 0.224. The number of ether oxygens (including phenoxy) is 1. The van der Waals surface area contributed by atoms with Gasteiger partial charge in [0.05, 0.1) is 29.4 Å². The first-order chi connectivity index (χ1) is 15.0. The molecule has 0 saturated carbocycles. The second kappa shape index (κ2) is 8.47. The molecule has 158 valence electrons. The van der Waals surface area contributed by atoms with E-state index in [-0.39, 0.29) is 5.91 Å². The number of methoxy groups -OCH3 is 1. The number of benzene rings is 2. The molecule has 0 aliphatic rings. The van der Waals surface area contributed by atoms with Gasteiger partial charge >= 0.3 is 0 Å². The molecule has 0 spiro atoms. The fourth-order valence-electron chi connectivity index (χ4n) is 3.61. The van der Waals surface area contributed by atoms with Crippen LogP contribution >= 0.6 is 0 Å². The first kappa shape index (κ1) is 20.4. The molecule has 2 aromatic heterocycles. The quantitative estimate of drug-likeness (QED) is 0.492. The molecule has 0 radical (unpaired) electrons. The van der Waals surface area contributed by atoms with Crippen LogP contribution in [-0.4, -0.2) is 27.8 Å². The van der Waals surface area contributed by atoms with Crippen molar-refractivity contribution in [1.29, 1.82) is 0 Å². The summed E-state index contributed by atoms with van der Waals surface area (Å²) in [5.74, 6) is 0.510. The van der Waals surface area contributed by atoms with Crippen LogP contribution in [0.3, 0.4) is 0 Å². The summed E-state index contributed by atoms with van der Waals surface area (Å²) >= 11 is 0. The van der Waals surface area contributed by atoms with Gasteiger partial charge in [-0.15, -0.1) is 0 Å². The van der Waals surface area contributed by atoms with Gasteiger partial charge in [-0.05, 0) is 32.0 Å². The second-order valence-electron chi connectivity index (χ2n) is 7.44. The van der Waals surface area contributed by atoms with Crippen molar-refractivity contribution in [3.05, 3.63) is 77.1 Å². The highest BCUT2D eigenvalue weighted by atomic mass is 16.5. The van der Waals surface area contributed by atoms with Gasteiger partial charge in [0.1, 0.15) is 5.75 Å². The van der Waals surface area contributed by atoms with Gasteiger partial charge in [-0.2, -0.15) is 5.10 Å². The van der Waals surface area contributed by atoms with Crippen LogP contribution in [0.4, 0.5) is 11.4 Å². The first-order valence-corrected chi connectivity index (χ1v) is 10.0. The van der Waals surface area contributed by atoms with Gasteiger partial charge in [-0.3, -0.25) is 9.48 Å². The number of hydrogen-bond acceptors (Lipinski definition) is 5.